The summed E-state index contributed by atoms with van der Waals surface area (Å²) in [7, 11) is 0. The van der Waals surface area contributed by atoms with Crippen LogP contribution in [0.4, 0.5) is 11.4 Å². The molecule has 1 amide bonds. The first kappa shape index (κ1) is 13.6. The zero-order chi connectivity index (χ0) is 14.3. The predicted octanol–water partition coefficient (Wildman–Crippen LogP) is 1.82. The van der Waals surface area contributed by atoms with Gasteiger partial charge in [-0.15, -0.1) is 0 Å². The Labute approximate surface area is 121 Å². The standard InChI is InChI=1S/C9H3Br2N3O5/c10-3-1-2-5(7(4(3)11)14(18)19)12-9(16)8(15)6(2)13-17/h1,17H,(H,12,16). The van der Waals surface area contributed by atoms with Crippen molar-refractivity contribution < 1.29 is 19.7 Å². The maximum atomic E-state index is 11.5. The molecule has 0 bridgehead atoms. The van der Waals surface area contributed by atoms with Crippen molar-refractivity contribution in [3.8, 4) is 0 Å². The third-order valence-corrected chi connectivity index (χ3v) is 4.35. The van der Waals surface area contributed by atoms with Gasteiger partial charge in [-0.1, -0.05) is 5.16 Å². The Bertz CT molecular complexity index is 670. The highest BCUT2D eigenvalue weighted by atomic mass is 79.9. The van der Waals surface area contributed by atoms with E-state index in [9.17, 15) is 19.7 Å². The first-order valence-corrected chi connectivity index (χ1v) is 6.21. The number of hydrogen-bond donors (Lipinski definition) is 2. The van der Waals surface area contributed by atoms with Crippen LogP contribution in [0.1, 0.15) is 5.56 Å². The minimum Gasteiger partial charge on any atom is -0.410 e. The van der Waals surface area contributed by atoms with Gasteiger partial charge < -0.3 is 10.5 Å². The lowest BCUT2D eigenvalue weighted by Crippen LogP contribution is -2.36. The quantitative estimate of drug-likeness (QED) is 0.326. The van der Waals surface area contributed by atoms with E-state index in [1.54, 1.807) is 0 Å². The molecule has 0 saturated heterocycles. The van der Waals surface area contributed by atoms with Gasteiger partial charge in [-0.05, 0) is 37.9 Å². The number of amides is 1. The minimum atomic E-state index is -1.10. The summed E-state index contributed by atoms with van der Waals surface area (Å²) >= 11 is 6.08. The van der Waals surface area contributed by atoms with Gasteiger partial charge in [-0.25, -0.2) is 0 Å². The number of benzene rings is 1. The van der Waals surface area contributed by atoms with Crippen molar-refractivity contribution in [1.29, 1.82) is 0 Å². The summed E-state index contributed by atoms with van der Waals surface area (Å²) < 4.78 is 0.381. The van der Waals surface area contributed by atoms with Crippen LogP contribution >= 0.6 is 31.9 Å². The van der Waals surface area contributed by atoms with Crippen molar-refractivity contribution >= 4 is 60.6 Å². The van der Waals surface area contributed by atoms with Gasteiger partial charge in [-0.3, -0.25) is 19.7 Å². The molecule has 2 N–H and O–H groups in total. The number of oxime groups is 1. The molecule has 0 radical (unpaired) electrons. The average molecular weight is 393 g/mol. The molecule has 1 heterocycles. The number of Topliss-reactive ketones (excluding diaryl/α,β-unsaturated/α-hetero) is 1. The third-order valence-electron chi connectivity index (χ3n) is 2.39. The van der Waals surface area contributed by atoms with Crippen LogP contribution in [0.5, 0.6) is 0 Å². The summed E-state index contributed by atoms with van der Waals surface area (Å²) in [5.74, 6) is -2.17. The topological polar surface area (TPSA) is 122 Å². The van der Waals surface area contributed by atoms with Crippen molar-refractivity contribution in [1.82, 2.24) is 0 Å². The summed E-state index contributed by atoms with van der Waals surface area (Å²) in [5.41, 5.74) is -1.22. The molecule has 0 aromatic heterocycles. The number of nitrogens with one attached hydrogen (secondary N) is 1. The molecular weight excluding hydrogens is 390 g/mol. The van der Waals surface area contributed by atoms with Crippen LogP contribution in [0.2, 0.25) is 0 Å². The van der Waals surface area contributed by atoms with E-state index in [1.165, 1.54) is 6.07 Å². The van der Waals surface area contributed by atoms with Gasteiger partial charge in [0.1, 0.15) is 10.2 Å². The van der Waals surface area contributed by atoms with E-state index >= 15 is 0 Å². The number of carbonyl (C=O) groups is 2. The summed E-state index contributed by atoms with van der Waals surface area (Å²) in [6, 6.07) is 1.33. The molecule has 8 nitrogen and oxygen atoms in total. The highest BCUT2D eigenvalue weighted by molar-refractivity contribution is 9.13. The Kier molecular flexibility index (Phi) is 3.37. The molecule has 0 fully saturated rings. The average Bonchev–Trinajstić information content (AvgIpc) is 2.33. The largest absolute Gasteiger partial charge is 0.410 e. The second-order valence-electron chi connectivity index (χ2n) is 3.43. The minimum absolute atomic E-state index is 0.0334. The number of carbonyl (C=O) groups excluding carboxylic acids is 2. The number of nitro groups is 1. The second kappa shape index (κ2) is 4.70. The maximum Gasteiger partial charge on any atom is 0.308 e. The molecule has 1 aliphatic heterocycles. The van der Waals surface area contributed by atoms with Gasteiger partial charge in [-0.2, -0.15) is 0 Å². The molecule has 0 unspecified atom stereocenters. The van der Waals surface area contributed by atoms with E-state index in [0.717, 1.165) is 0 Å². The highest BCUT2D eigenvalue weighted by Gasteiger charge is 2.37. The van der Waals surface area contributed by atoms with E-state index in [-0.39, 0.29) is 20.2 Å². The fourth-order valence-corrected chi connectivity index (χ4v) is 2.47. The summed E-state index contributed by atoms with van der Waals surface area (Å²) in [4.78, 5) is 33.2. The van der Waals surface area contributed by atoms with E-state index < -0.39 is 28.0 Å². The number of nitrogens with zero attached hydrogens (tertiary/aromatic N) is 2. The number of anilines is 1. The Morgan fingerprint density at radius 3 is 2.53 bits per heavy atom. The molecule has 98 valence electrons. The monoisotopic (exact) mass is 391 g/mol. The number of nitro benzene ring substituents is 1. The molecule has 0 aliphatic carbocycles. The number of fused-ring (bicyclic) bond motifs is 1. The van der Waals surface area contributed by atoms with E-state index in [2.05, 4.69) is 42.3 Å². The number of ketones is 1. The Hall–Kier alpha value is -1.81. The van der Waals surface area contributed by atoms with Crippen molar-refractivity contribution in [2.45, 2.75) is 0 Å². The maximum absolute atomic E-state index is 11.5. The summed E-state index contributed by atoms with van der Waals surface area (Å²) in [6.45, 7) is 0. The first-order valence-electron chi connectivity index (χ1n) is 4.63. The van der Waals surface area contributed by atoms with Gasteiger partial charge in [0.2, 0.25) is 0 Å². The lowest BCUT2D eigenvalue weighted by Gasteiger charge is -2.17. The molecule has 10 heteroatoms. The fraction of sp³-hybridized carbons (Fsp3) is 0. The number of hydrogen-bond acceptors (Lipinski definition) is 6. The number of rotatable bonds is 1. The van der Waals surface area contributed by atoms with Crippen molar-refractivity contribution in [3.63, 3.8) is 0 Å². The molecule has 0 atom stereocenters. The zero-order valence-electron chi connectivity index (χ0n) is 8.81. The third kappa shape index (κ3) is 2.02. The van der Waals surface area contributed by atoms with Crippen LogP contribution in [0.3, 0.4) is 0 Å². The van der Waals surface area contributed by atoms with Crippen LogP contribution < -0.4 is 5.32 Å². The Morgan fingerprint density at radius 2 is 2.00 bits per heavy atom. The molecular formula is C9H3Br2N3O5. The molecule has 2 rings (SSSR count). The van der Waals surface area contributed by atoms with Gasteiger partial charge in [0.15, 0.2) is 5.71 Å². The van der Waals surface area contributed by atoms with Crippen molar-refractivity contribution in [3.05, 3.63) is 30.7 Å². The molecule has 1 aliphatic rings. The molecule has 0 spiro atoms. The van der Waals surface area contributed by atoms with E-state index in [4.69, 9.17) is 5.21 Å². The van der Waals surface area contributed by atoms with Crippen molar-refractivity contribution in [2.24, 2.45) is 5.16 Å². The normalized spacial score (nSPS) is 16.2. The van der Waals surface area contributed by atoms with E-state index in [1.807, 2.05) is 0 Å². The smallest absolute Gasteiger partial charge is 0.308 e. The lowest BCUT2D eigenvalue weighted by atomic mass is 9.98. The van der Waals surface area contributed by atoms with Gasteiger partial charge in [0.25, 0.3) is 11.7 Å². The SMILES string of the molecule is O=C1Nc2c(cc(Br)c(Br)c2[N+](=O)[O-])C(=NO)C1=O. The Morgan fingerprint density at radius 1 is 1.37 bits per heavy atom. The number of halogens is 2. The summed E-state index contributed by atoms with van der Waals surface area (Å²) in [5, 5.41) is 24.7. The van der Waals surface area contributed by atoms with Gasteiger partial charge >= 0.3 is 5.69 Å². The summed E-state index contributed by atoms with van der Waals surface area (Å²) in [6.07, 6.45) is 0. The van der Waals surface area contributed by atoms with Crippen molar-refractivity contribution in [2.75, 3.05) is 5.32 Å². The molecule has 0 saturated carbocycles. The van der Waals surface area contributed by atoms with E-state index in [0.29, 0.717) is 0 Å². The highest BCUT2D eigenvalue weighted by Crippen LogP contribution is 2.42. The first-order chi connectivity index (χ1) is 8.88. The molecule has 1 aromatic carbocycles. The van der Waals surface area contributed by atoms with Crippen LogP contribution in [0, 0.1) is 10.1 Å². The predicted molar refractivity (Wildman–Crippen MR) is 70.5 cm³/mol. The van der Waals surface area contributed by atoms with Crippen LogP contribution in [0.25, 0.3) is 0 Å². The van der Waals surface area contributed by atoms with Gasteiger partial charge in [0, 0.05) is 10.0 Å². The lowest BCUT2D eigenvalue weighted by molar-refractivity contribution is -0.384. The van der Waals surface area contributed by atoms with Gasteiger partial charge in [0.05, 0.1) is 4.92 Å². The zero-order valence-corrected chi connectivity index (χ0v) is 12.0. The fourth-order valence-electron chi connectivity index (χ4n) is 1.60. The molecule has 1 aromatic rings. The Balaban J connectivity index is 2.87. The second-order valence-corrected chi connectivity index (χ2v) is 5.08. The van der Waals surface area contributed by atoms with Crippen LogP contribution in [-0.2, 0) is 9.59 Å². The van der Waals surface area contributed by atoms with Crippen LogP contribution in [0.15, 0.2) is 20.2 Å². The van der Waals surface area contributed by atoms with Crippen LogP contribution in [-0.4, -0.2) is 27.5 Å². The molecule has 19 heavy (non-hydrogen) atoms.